The SMILES string of the molecule is CCOc1ccc(/C(O)=C2\C(=O)C(=O)N(CCN(C)C)C23C(=O)N(C)c2ccccc23)cc1. The first kappa shape index (κ1) is 22.5. The van der Waals surface area contributed by atoms with E-state index in [0.717, 1.165) is 0 Å². The first-order valence-corrected chi connectivity index (χ1v) is 10.8. The summed E-state index contributed by atoms with van der Waals surface area (Å²) in [4.78, 5) is 45.0. The maximum absolute atomic E-state index is 13.8. The number of ketones is 1. The van der Waals surface area contributed by atoms with Crippen LogP contribution < -0.4 is 9.64 Å². The van der Waals surface area contributed by atoms with Gasteiger partial charge in [-0.3, -0.25) is 14.4 Å². The lowest BCUT2D eigenvalue weighted by molar-refractivity contribution is -0.143. The number of anilines is 1. The fourth-order valence-corrected chi connectivity index (χ4v) is 4.59. The van der Waals surface area contributed by atoms with Crippen LogP contribution in [0.2, 0.25) is 0 Å². The van der Waals surface area contributed by atoms with Gasteiger partial charge in [-0.2, -0.15) is 0 Å². The Bertz CT molecular complexity index is 1150. The fourth-order valence-electron chi connectivity index (χ4n) is 4.59. The van der Waals surface area contributed by atoms with Gasteiger partial charge in [0.15, 0.2) is 5.54 Å². The number of likely N-dealkylation sites (tertiary alicyclic amines) is 1. The second kappa shape index (κ2) is 8.37. The lowest BCUT2D eigenvalue weighted by Gasteiger charge is -2.34. The minimum Gasteiger partial charge on any atom is -0.507 e. The molecular weight excluding hydrogens is 422 g/mol. The van der Waals surface area contributed by atoms with E-state index in [2.05, 4.69) is 0 Å². The second-order valence-corrected chi connectivity index (χ2v) is 8.36. The van der Waals surface area contributed by atoms with Gasteiger partial charge in [0.05, 0.1) is 12.2 Å². The van der Waals surface area contributed by atoms with E-state index in [-0.39, 0.29) is 17.9 Å². The monoisotopic (exact) mass is 449 g/mol. The predicted molar refractivity (Wildman–Crippen MR) is 124 cm³/mol. The van der Waals surface area contributed by atoms with Crippen LogP contribution in [0.5, 0.6) is 5.75 Å². The maximum atomic E-state index is 13.8. The topological polar surface area (TPSA) is 90.4 Å². The summed E-state index contributed by atoms with van der Waals surface area (Å²) >= 11 is 0. The molecule has 0 aliphatic carbocycles. The summed E-state index contributed by atoms with van der Waals surface area (Å²) < 4.78 is 5.45. The number of fused-ring (bicyclic) bond motifs is 2. The summed E-state index contributed by atoms with van der Waals surface area (Å²) in [6, 6.07) is 13.6. The number of nitrogens with zero attached hydrogens (tertiary/aromatic N) is 3. The molecule has 2 heterocycles. The van der Waals surface area contributed by atoms with Crippen LogP contribution in [0.1, 0.15) is 18.1 Å². The van der Waals surface area contributed by atoms with E-state index in [9.17, 15) is 19.5 Å². The molecule has 1 N–H and O–H groups in total. The quantitative estimate of drug-likeness (QED) is 0.413. The van der Waals surface area contributed by atoms with Crippen molar-refractivity contribution in [2.24, 2.45) is 0 Å². The Morgan fingerprint density at radius 3 is 2.36 bits per heavy atom. The third kappa shape index (κ3) is 3.29. The van der Waals surface area contributed by atoms with Crippen LogP contribution in [0.4, 0.5) is 5.69 Å². The number of para-hydroxylation sites is 1. The van der Waals surface area contributed by atoms with Crippen LogP contribution in [-0.4, -0.2) is 73.3 Å². The first-order valence-electron chi connectivity index (χ1n) is 10.8. The van der Waals surface area contributed by atoms with Crippen molar-refractivity contribution in [1.82, 2.24) is 9.80 Å². The third-order valence-electron chi connectivity index (χ3n) is 6.15. The number of carbonyl (C=O) groups is 3. The van der Waals surface area contributed by atoms with Crippen molar-refractivity contribution in [3.05, 3.63) is 65.2 Å². The minimum absolute atomic E-state index is 0.144. The highest BCUT2D eigenvalue weighted by Gasteiger charge is 2.66. The smallest absolute Gasteiger partial charge is 0.296 e. The summed E-state index contributed by atoms with van der Waals surface area (Å²) in [6.45, 7) is 2.94. The number of hydrogen-bond donors (Lipinski definition) is 1. The Balaban J connectivity index is 1.97. The Hall–Kier alpha value is -3.65. The van der Waals surface area contributed by atoms with Crippen molar-refractivity contribution in [1.29, 1.82) is 0 Å². The Morgan fingerprint density at radius 2 is 1.73 bits per heavy atom. The molecule has 1 saturated heterocycles. The molecule has 1 spiro atoms. The van der Waals surface area contributed by atoms with Gasteiger partial charge in [-0.25, -0.2) is 0 Å². The maximum Gasteiger partial charge on any atom is 0.296 e. The molecular formula is C25H27N3O5. The number of aliphatic hydroxyl groups is 1. The first-order chi connectivity index (χ1) is 15.7. The minimum atomic E-state index is -1.72. The van der Waals surface area contributed by atoms with E-state index in [1.807, 2.05) is 25.9 Å². The highest BCUT2D eigenvalue weighted by atomic mass is 16.5. The zero-order valence-corrected chi connectivity index (χ0v) is 19.2. The van der Waals surface area contributed by atoms with Gasteiger partial charge in [0, 0.05) is 37.0 Å². The molecule has 2 aromatic carbocycles. The number of Topliss-reactive ketones (excluding diaryl/α,β-unsaturated/α-hetero) is 1. The molecule has 2 aliphatic heterocycles. The van der Waals surface area contributed by atoms with Crippen LogP contribution in [0.25, 0.3) is 5.76 Å². The third-order valence-corrected chi connectivity index (χ3v) is 6.15. The van der Waals surface area contributed by atoms with E-state index in [1.54, 1.807) is 55.6 Å². The molecule has 1 fully saturated rings. The highest BCUT2D eigenvalue weighted by Crippen LogP contribution is 2.53. The van der Waals surface area contributed by atoms with Crippen LogP contribution in [-0.2, 0) is 19.9 Å². The Kier molecular flexibility index (Phi) is 5.71. The summed E-state index contributed by atoms with van der Waals surface area (Å²) in [7, 11) is 5.30. The van der Waals surface area contributed by atoms with Gasteiger partial charge < -0.3 is 24.5 Å². The standard InChI is InChI=1S/C25H27N3O5/c1-5-33-17-12-10-16(11-13-17)21(29)20-22(30)23(31)28(15-14-26(2)3)25(20)18-8-6-7-9-19(18)27(4)24(25)32/h6-13,29H,5,14-15H2,1-4H3/b21-20-. The van der Waals surface area contributed by atoms with Crippen molar-refractivity contribution in [2.45, 2.75) is 12.5 Å². The number of hydrogen-bond acceptors (Lipinski definition) is 6. The number of amides is 2. The van der Waals surface area contributed by atoms with E-state index in [4.69, 9.17) is 4.74 Å². The largest absolute Gasteiger partial charge is 0.507 e. The van der Waals surface area contributed by atoms with Crippen molar-refractivity contribution in [2.75, 3.05) is 45.7 Å². The van der Waals surface area contributed by atoms with E-state index in [1.165, 1.54) is 9.80 Å². The number of ether oxygens (including phenoxy) is 1. The van der Waals surface area contributed by atoms with Gasteiger partial charge in [0.25, 0.3) is 17.6 Å². The molecule has 172 valence electrons. The molecule has 0 radical (unpaired) electrons. The number of carbonyl (C=O) groups excluding carboxylic acids is 3. The van der Waals surface area contributed by atoms with Crippen molar-refractivity contribution in [3.8, 4) is 5.75 Å². The van der Waals surface area contributed by atoms with Crippen LogP contribution >= 0.6 is 0 Å². The molecule has 33 heavy (non-hydrogen) atoms. The molecule has 1 unspecified atom stereocenters. The average Bonchev–Trinajstić information content (AvgIpc) is 3.16. The molecule has 4 rings (SSSR count). The van der Waals surface area contributed by atoms with E-state index in [0.29, 0.717) is 35.7 Å². The van der Waals surface area contributed by atoms with Crippen molar-refractivity contribution < 1.29 is 24.2 Å². The van der Waals surface area contributed by atoms with Gasteiger partial charge >= 0.3 is 0 Å². The van der Waals surface area contributed by atoms with Crippen LogP contribution in [0.15, 0.2) is 54.1 Å². The summed E-state index contributed by atoms with van der Waals surface area (Å²) in [5.74, 6) is -1.91. The molecule has 1 atom stereocenters. The lowest BCUT2D eigenvalue weighted by Crippen LogP contribution is -2.52. The van der Waals surface area contributed by atoms with E-state index < -0.39 is 23.1 Å². The van der Waals surface area contributed by atoms with Crippen LogP contribution in [0, 0.1) is 0 Å². The number of likely N-dealkylation sites (N-methyl/N-ethyl adjacent to an activating group) is 2. The van der Waals surface area contributed by atoms with Crippen molar-refractivity contribution in [3.63, 3.8) is 0 Å². The number of aliphatic hydroxyl groups excluding tert-OH is 1. The molecule has 8 nitrogen and oxygen atoms in total. The molecule has 0 bridgehead atoms. The summed E-state index contributed by atoms with van der Waals surface area (Å²) in [6.07, 6.45) is 0. The molecule has 2 aromatic rings. The summed E-state index contributed by atoms with van der Waals surface area (Å²) in [5.41, 5.74) is -0.515. The van der Waals surface area contributed by atoms with E-state index >= 15 is 0 Å². The lowest BCUT2D eigenvalue weighted by atomic mass is 9.82. The Labute approximate surface area is 192 Å². The van der Waals surface area contributed by atoms with Gasteiger partial charge in [0.1, 0.15) is 11.5 Å². The normalized spacial score (nSPS) is 21.4. The number of rotatable bonds is 6. The van der Waals surface area contributed by atoms with Crippen LogP contribution in [0.3, 0.4) is 0 Å². The summed E-state index contributed by atoms with van der Waals surface area (Å²) in [5, 5.41) is 11.3. The molecule has 8 heteroatoms. The highest BCUT2D eigenvalue weighted by molar-refractivity contribution is 6.50. The predicted octanol–water partition coefficient (Wildman–Crippen LogP) is 2.20. The average molecular weight is 450 g/mol. The van der Waals surface area contributed by atoms with Gasteiger partial charge in [-0.1, -0.05) is 18.2 Å². The molecule has 2 aliphatic rings. The van der Waals surface area contributed by atoms with Gasteiger partial charge in [0.2, 0.25) is 0 Å². The van der Waals surface area contributed by atoms with Crippen molar-refractivity contribution >= 4 is 29.0 Å². The molecule has 0 aromatic heterocycles. The number of benzene rings is 2. The molecule has 2 amide bonds. The fraction of sp³-hybridized carbons (Fsp3) is 0.320. The zero-order valence-electron chi connectivity index (χ0n) is 19.2. The zero-order chi connectivity index (χ0) is 23.9. The Morgan fingerprint density at radius 1 is 1.06 bits per heavy atom. The van der Waals surface area contributed by atoms with Gasteiger partial charge in [-0.15, -0.1) is 0 Å². The van der Waals surface area contributed by atoms with Gasteiger partial charge in [-0.05, 0) is 51.4 Å². The molecule has 0 saturated carbocycles. The second-order valence-electron chi connectivity index (χ2n) is 8.36.